The van der Waals surface area contributed by atoms with Crippen molar-refractivity contribution in [1.29, 1.82) is 0 Å². The molecule has 194 valence electrons. The summed E-state index contributed by atoms with van der Waals surface area (Å²) in [5, 5.41) is 5.97. The molecule has 2 unspecified atom stereocenters. The number of carbonyl (C=O) groups excluding carboxylic acids is 1. The van der Waals surface area contributed by atoms with Gasteiger partial charge >= 0.3 is 5.97 Å². The summed E-state index contributed by atoms with van der Waals surface area (Å²) >= 11 is 19.6. The zero-order valence-electron chi connectivity index (χ0n) is 20.4. The smallest absolute Gasteiger partial charge is 0.339 e. The summed E-state index contributed by atoms with van der Waals surface area (Å²) in [6, 6.07) is 13.0. The maximum absolute atomic E-state index is 11.9. The molecular weight excluding hydrogens is 547 g/mol. The monoisotopic (exact) mass is 568 g/mol. The first-order valence-electron chi connectivity index (χ1n) is 12.3. The van der Waals surface area contributed by atoms with Gasteiger partial charge < -0.3 is 14.0 Å². The molecule has 2 heterocycles. The molecule has 2 atom stereocenters. The molecule has 0 spiro atoms. The molecule has 2 aliphatic rings. The van der Waals surface area contributed by atoms with Crippen molar-refractivity contribution in [2.45, 2.75) is 43.6 Å². The highest BCUT2D eigenvalue weighted by molar-refractivity contribution is 6.39. The minimum Gasteiger partial charge on any atom is -0.489 e. The first kappa shape index (κ1) is 25.2. The second-order valence-electron chi connectivity index (χ2n) is 9.66. The number of rotatable bonds is 8. The van der Waals surface area contributed by atoms with Gasteiger partial charge in [-0.2, -0.15) is 0 Å². The van der Waals surface area contributed by atoms with Gasteiger partial charge in [0, 0.05) is 28.9 Å². The predicted molar refractivity (Wildman–Crippen MR) is 145 cm³/mol. The van der Waals surface area contributed by atoms with Crippen LogP contribution >= 0.6 is 34.8 Å². The first-order chi connectivity index (χ1) is 18.4. The van der Waals surface area contributed by atoms with E-state index < -0.39 is 5.97 Å². The average Bonchev–Trinajstić information content (AvgIpc) is 3.85. The highest BCUT2D eigenvalue weighted by atomic mass is 35.5. The van der Waals surface area contributed by atoms with E-state index in [1.54, 1.807) is 24.4 Å². The van der Waals surface area contributed by atoms with Gasteiger partial charge in [-0.25, -0.2) is 4.79 Å². The predicted octanol–water partition coefficient (Wildman–Crippen LogP) is 8.21. The molecule has 0 bridgehead atoms. The lowest BCUT2D eigenvalue weighted by Crippen LogP contribution is -2.02. The van der Waals surface area contributed by atoms with Crippen LogP contribution < -0.4 is 4.74 Å². The summed E-state index contributed by atoms with van der Waals surface area (Å²) in [5.41, 5.74) is 4.59. The Morgan fingerprint density at radius 3 is 2.53 bits per heavy atom. The molecule has 2 aromatic heterocycles. The molecule has 4 aromatic rings. The number of aromatic nitrogens is 2. The van der Waals surface area contributed by atoms with Crippen LogP contribution in [0.3, 0.4) is 0 Å². The number of methoxy groups -OCH3 is 1. The number of nitrogens with zero attached hydrogens (tertiary/aromatic N) is 2. The summed E-state index contributed by atoms with van der Waals surface area (Å²) in [7, 11) is 1.36. The van der Waals surface area contributed by atoms with Gasteiger partial charge in [-0.1, -0.05) is 52.1 Å². The summed E-state index contributed by atoms with van der Waals surface area (Å²) < 4.78 is 16.7. The lowest BCUT2D eigenvalue weighted by atomic mass is 10.0. The Hall–Kier alpha value is -3.06. The third-order valence-corrected chi connectivity index (χ3v) is 8.08. The Morgan fingerprint density at radius 1 is 1.03 bits per heavy atom. The lowest BCUT2D eigenvalue weighted by Gasteiger charge is -2.11. The van der Waals surface area contributed by atoms with E-state index in [-0.39, 0.29) is 18.4 Å². The molecule has 2 saturated carbocycles. The second kappa shape index (κ2) is 10.3. The maximum atomic E-state index is 11.9. The molecule has 0 aliphatic heterocycles. The van der Waals surface area contributed by atoms with Crippen LogP contribution in [0.2, 0.25) is 15.1 Å². The van der Waals surface area contributed by atoms with Crippen molar-refractivity contribution in [2.75, 3.05) is 7.11 Å². The van der Waals surface area contributed by atoms with Crippen LogP contribution in [0.15, 0.2) is 59.4 Å². The molecule has 0 saturated heterocycles. The van der Waals surface area contributed by atoms with Crippen LogP contribution in [0, 0.1) is 0 Å². The quantitative estimate of drug-likeness (QED) is 0.199. The number of benzene rings is 2. The molecule has 2 aliphatic carbocycles. The second-order valence-corrected chi connectivity index (χ2v) is 10.9. The van der Waals surface area contributed by atoms with Crippen molar-refractivity contribution in [1.82, 2.24) is 10.1 Å². The van der Waals surface area contributed by atoms with E-state index in [1.165, 1.54) is 13.3 Å². The summed E-state index contributed by atoms with van der Waals surface area (Å²) in [4.78, 5) is 16.1. The Morgan fingerprint density at radius 2 is 1.82 bits per heavy atom. The Balaban J connectivity index is 1.20. The topological polar surface area (TPSA) is 74.5 Å². The van der Waals surface area contributed by atoms with Gasteiger partial charge in [0.25, 0.3) is 0 Å². The molecule has 2 aromatic carbocycles. The van der Waals surface area contributed by atoms with Crippen molar-refractivity contribution in [3.63, 3.8) is 0 Å². The molecule has 6 nitrogen and oxygen atoms in total. The zero-order chi connectivity index (χ0) is 26.4. The fourth-order valence-corrected chi connectivity index (χ4v) is 5.79. The van der Waals surface area contributed by atoms with Crippen LogP contribution in [0.1, 0.15) is 69.8 Å². The number of halogens is 3. The fourth-order valence-electron chi connectivity index (χ4n) is 4.90. The summed E-state index contributed by atoms with van der Waals surface area (Å²) in [6.07, 6.45) is 6.35. The molecular formula is C29H23Cl3N2O4. The fraction of sp³-hybridized carbons (Fsp3) is 0.276. The third kappa shape index (κ3) is 4.89. The Labute approximate surface area is 234 Å². The molecule has 0 amide bonds. The molecule has 0 radical (unpaired) electrons. The highest BCUT2D eigenvalue weighted by Gasteiger charge is 2.41. The van der Waals surface area contributed by atoms with Crippen LogP contribution in [0.25, 0.3) is 11.3 Å². The molecule has 2 fully saturated rings. The van der Waals surface area contributed by atoms with Gasteiger partial charge in [-0.05, 0) is 72.6 Å². The van der Waals surface area contributed by atoms with Crippen molar-refractivity contribution in [2.24, 2.45) is 0 Å². The van der Waals surface area contributed by atoms with Gasteiger partial charge in [-0.3, -0.25) is 4.98 Å². The maximum Gasteiger partial charge on any atom is 0.339 e. The average molecular weight is 570 g/mol. The van der Waals surface area contributed by atoms with Crippen LogP contribution in [-0.4, -0.2) is 23.2 Å². The number of esters is 1. The zero-order valence-corrected chi connectivity index (χ0v) is 22.7. The minimum atomic E-state index is -0.395. The lowest BCUT2D eigenvalue weighted by molar-refractivity contribution is 0.0600. The van der Waals surface area contributed by atoms with E-state index in [1.807, 2.05) is 24.3 Å². The van der Waals surface area contributed by atoms with Crippen molar-refractivity contribution >= 4 is 40.8 Å². The third-order valence-electron chi connectivity index (χ3n) is 7.12. The van der Waals surface area contributed by atoms with E-state index in [0.717, 1.165) is 41.7 Å². The van der Waals surface area contributed by atoms with Gasteiger partial charge in [0.1, 0.15) is 23.8 Å². The van der Waals surface area contributed by atoms with Gasteiger partial charge in [0.2, 0.25) is 0 Å². The van der Waals surface area contributed by atoms with Gasteiger partial charge in [0.15, 0.2) is 0 Å². The normalized spacial score (nSPS) is 18.3. The largest absolute Gasteiger partial charge is 0.489 e. The van der Waals surface area contributed by atoms with Crippen LogP contribution in [-0.2, 0) is 11.3 Å². The molecule has 38 heavy (non-hydrogen) atoms. The van der Waals surface area contributed by atoms with E-state index in [9.17, 15) is 4.79 Å². The number of pyridine rings is 1. The Bertz CT molecular complexity index is 1510. The number of ether oxygens (including phenoxy) is 2. The highest BCUT2D eigenvalue weighted by Crippen LogP contribution is 2.56. The molecule has 6 rings (SSSR count). The van der Waals surface area contributed by atoms with E-state index in [4.69, 9.17) is 48.8 Å². The minimum absolute atomic E-state index is 0.248. The van der Waals surface area contributed by atoms with Gasteiger partial charge in [0.05, 0.1) is 28.3 Å². The van der Waals surface area contributed by atoms with Crippen molar-refractivity contribution in [3.8, 4) is 17.0 Å². The van der Waals surface area contributed by atoms with Crippen LogP contribution in [0.4, 0.5) is 0 Å². The standard InChI is InChI=1S/C29H23Cl3N2O4/c1-36-29(35)17-9-16(12-33-13-17)20-11-21(20)19-8-7-18(10-25(19)32)37-14-22-27(34-38-28(22)15-5-6-15)26-23(30)3-2-4-24(26)31/h2-4,7-10,12-13,15,20-21H,5-6,11,14H2,1H3. The van der Waals surface area contributed by atoms with E-state index >= 15 is 0 Å². The number of hydrogen-bond acceptors (Lipinski definition) is 6. The molecule has 9 heteroatoms. The number of carbonyl (C=O) groups is 1. The van der Waals surface area contributed by atoms with Crippen molar-refractivity contribution in [3.05, 3.63) is 97.9 Å². The van der Waals surface area contributed by atoms with E-state index in [0.29, 0.717) is 43.6 Å². The molecule has 0 N–H and O–H groups in total. The van der Waals surface area contributed by atoms with Crippen LogP contribution in [0.5, 0.6) is 5.75 Å². The number of hydrogen-bond donors (Lipinski definition) is 0. The summed E-state index contributed by atoms with van der Waals surface area (Å²) in [6.45, 7) is 0.250. The van der Waals surface area contributed by atoms with E-state index in [2.05, 4.69) is 10.1 Å². The summed E-state index contributed by atoms with van der Waals surface area (Å²) in [5.74, 6) is 1.90. The SMILES string of the molecule is COC(=O)c1cncc(C2CC2c2ccc(OCc3c(-c4c(Cl)cccc4Cl)noc3C3CC3)cc2Cl)c1. The van der Waals surface area contributed by atoms with Gasteiger partial charge in [-0.15, -0.1) is 0 Å². The Kier molecular flexibility index (Phi) is 6.81. The first-order valence-corrected chi connectivity index (χ1v) is 13.5. The van der Waals surface area contributed by atoms with Crippen molar-refractivity contribution < 1.29 is 18.8 Å².